The van der Waals surface area contributed by atoms with E-state index in [9.17, 15) is 8.42 Å². The van der Waals surface area contributed by atoms with Crippen molar-refractivity contribution in [1.29, 1.82) is 0 Å². The molecule has 0 amide bonds. The van der Waals surface area contributed by atoms with E-state index >= 15 is 0 Å². The summed E-state index contributed by atoms with van der Waals surface area (Å²) in [6.07, 6.45) is 7.44. The van der Waals surface area contributed by atoms with Crippen molar-refractivity contribution in [1.82, 2.24) is 13.9 Å². The Morgan fingerprint density at radius 2 is 1.85 bits per heavy atom. The molecule has 0 spiro atoms. The van der Waals surface area contributed by atoms with Crippen LogP contribution in [0.5, 0.6) is 0 Å². The summed E-state index contributed by atoms with van der Waals surface area (Å²) >= 11 is 0. The third kappa shape index (κ3) is 4.16. The SMILES string of the molecule is CCCN(CC1CCCN1)S(=O)(=O)N1CCCCCC1. The minimum Gasteiger partial charge on any atom is -0.313 e. The largest absolute Gasteiger partial charge is 0.313 e. The van der Waals surface area contributed by atoms with Gasteiger partial charge in [0.05, 0.1) is 0 Å². The molecule has 2 aliphatic heterocycles. The number of nitrogens with one attached hydrogen (secondary N) is 1. The first-order valence-corrected chi connectivity index (χ1v) is 9.53. The summed E-state index contributed by atoms with van der Waals surface area (Å²) in [5, 5.41) is 3.41. The van der Waals surface area contributed by atoms with Gasteiger partial charge in [-0.15, -0.1) is 0 Å². The molecule has 2 saturated heterocycles. The van der Waals surface area contributed by atoms with E-state index in [2.05, 4.69) is 5.32 Å². The maximum Gasteiger partial charge on any atom is 0.282 e. The molecule has 2 heterocycles. The normalized spacial score (nSPS) is 26.0. The quantitative estimate of drug-likeness (QED) is 0.810. The second-order valence-corrected chi connectivity index (χ2v) is 7.90. The molecule has 118 valence electrons. The number of hydrogen-bond donors (Lipinski definition) is 1. The van der Waals surface area contributed by atoms with Crippen LogP contribution in [0.4, 0.5) is 0 Å². The smallest absolute Gasteiger partial charge is 0.282 e. The van der Waals surface area contributed by atoms with Crippen molar-refractivity contribution < 1.29 is 8.42 Å². The van der Waals surface area contributed by atoms with Crippen molar-refractivity contribution >= 4 is 10.2 Å². The van der Waals surface area contributed by atoms with E-state index in [1.165, 1.54) is 0 Å². The highest BCUT2D eigenvalue weighted by molar-refractivity contribution is 7.86. The van der Waals surface area contributed by atoms with Gasteiger partial charge < -0.3 is 5.32 Å². The Balaban J connectivity index is 2.04. The fourth-order valence-corrected chi connectivity index (χ4v) is 4.97. The first-order chi connectivity index (χ1) is 9.64. The summed E-state index contributed by atoms with van der Waals surface area (Å²) in [5.74, 6) is 0. The maximum absolute atomic E-state index is 12.8. The van der Waals surface area contributed by atoms with Crippen LogP contribution in [0.1, 0.15) is 51.9 Å². The van der Waals surface area contributed by atoms with Crippen molar-refractivity contribution in [3.8, 4) is 0 Å². The minimum atomic E-state index is -3.27. The summed E-state index contributed by atoms with van der Waals surface area (Å²) in [4.78, 5) is 0. The summed E-state index contributed by atoms with van der Waals surface area (Å²) in [6.45, 7) is 5.73. The van der Waals surface area contributed by atoms with Gasteiger partial charge in [-0.3, -0.25) is 0 Å². The summed E-state index contributed by atoms with van der Waals surface area (Å²) in [7, 11) is -3.27. The maximum atomic E-state index is 12.8. The van der Waals surface area contributed by atoms with Crippen molar-refractivity contribution in [2.24, 2.45) is 0 Å². The molecule has 0 aromatic carbocycles. The van der Waals surface area contributed by atoms with Crippen LogP contribution in [0.15, 0.2) is 0 Å². The Kier molecular flexibility index (Phi) is 6.26. The molecular weight excluding hydrogens is 274 g/mol. The Hall–Kier alpha value is -0.170. The lowest BCUT2D eigenvalue weighted by molar-refractivity contribution is 0.320. The van der Waals surface area contributed by atoms with E-state index < -0.39 is 10.2 Å². The molecule has 0 saturated carbocycles. The molecule has 20 heavy (non-hydrogen) atoms. The zero-order valence-electron chi connectivity index (χ0n) is 12.7. The van der Waals surface area contributed by atoms with E-state index in [4.69, 9.17) is 0 Å². The van der Waals surface area contributed by atoms with Crippen LogP contribution in [-0.4, -0.2) is 55.8 Å². The topological polar surface area (TPSA) is 52.7 Å². The van der Waals surface area contributed by atoms with E-state index in [1.54, 1.807) is 8.61 Å². The molecule has 2 rings (SSSR count). The highest BCUT2D eigenvalue weighted by Crippen LogP contribution is 2.18. The van der Waals surface area contributed by atoms with E-state index in [1.807, 2.05) is 6.92 Å². The number of rotatable bonds is 6. The highest BCUT2D eigenvalue weighted by atomic mass is 32.2. The molecule has 0 radical (unpaired) electrons. The van der Waals surface area contributed by atoms with E-state index in [0.29, 0.717) is 32.2 Å². The van der Waals surface area contributed by atoms with Crippen LogP contribution >= 0.6 is 0 Å². The molecule has 0 aliphatic carbocycles. The van der Waals surface area contributed by atoms with Crippen LogP contribution in [-0.2, 0) is 10.2 Å². The molecular formula is C14H29N3O2S. The van der Waals surface area contributed by atoms with Crippen molar-refractivity contribution in [3.05, 3.63) is 0 Å². The summed E-state index contributed by atoms with van der Waals surface area (Å²) in [5.41, 5.74) is 0. The summed E-state index contributed by atoms with van der Waals surface area (Å²) in [6, 6.07) is 0.336. The Morgan fingerprint density at radius 3 is 2.40 bits per heavy atom. The van der Waals surface area contributed by atoms with Gasteiger partial charge in [0.15, 0.2) is 0 Å². The average molecular weight is 303 g/mol. The van der Waals surface area contributed by atoms with Crippen LogP contribution in [0.25, 0.3) is 0 Å². The van der Waals surface area contributed by atoms with E-state index in [-0.39, 0.29) is 0 Å². The van der Waals surface area contributed by atoms with Crippen LogP contribution < -0.4 is 5.32 Å². The van der Waals surface area contributed by atoms with Gasteiger partial charge in [0, 0.05) is 32.2 Å². The zero-order chi connectivity index (χ0) is 14.4. The lowest BCUT2D eigenvalue weighted by Gasteiger charge is -2.30. The predicted octanol–water partition coefficient (Wildman–Crippen LogP) is 1.57. The van der Waals surface area contributed by atoms with Crippen LogP contribution in [0, 0.1) is 0 Å². The summed E-state index contributed by atoms with van der Waals surface area (Å²) < 4.78 is 29.1. The fourth-order valence-electron chi connectivity index (χ4n) is 3.14. The number of nitrogens with zero attached hydrogens (tertiary/aromatic N) is 2. The molecule has 2 aliphatic rings. The Labute approximate surface area is 123 Å². The molecule has 5 nitrogen and oxygen atoms in total. The highest BCUT2D eigenvalue weighted by Gasteiger charge is 2.31. The molecule has 1 atom stereocenters. The lowest BCUT2D eigenvalue weighted by atomic mass is 10.2. The molecule has 0 aromatic heterocycles. The number of hydrogen-bond acceptors (Lipinski definition) is 3. The van der Waals surface area contributed by atoms with Crippen LogP contribution in [0.3, 0.4) is 0 Å². The Morgan fingerprint density at radius 1 is 1.15 bits per heavy atom. The van der Waals surface area contributed by atoms with E-state index in [0.717, 1.165) is 51.5 Å². The van der Waals surface area contributed by atoms with Gasteiger partial charge in [-0.2, -0.15) is 17.0 Å². The average Bonchev–Trinajstić information content (AvgIpc) is 2.77. The first-order valence-electron chi connectivity index (χ1n) is 8.13. The monoisotopic (exact) mass is 303 g/mol. The Bertz CT molecular complexity index is 372. The van der Waals surface area contributed by atoms with Gasteiger partial charge in [-0.05, 0) is 38.6 Å². The van der Waals surface area contributed by atoms with Crippen molar-refractivity contribution in [2.75, 3.05) is 32.7 Å². The third-order valence-corrected chi connectivity index (χ3v) is 6.28. The van der Waals surface area contributed by atoms with Gasteiger partial charge in [0.25, 0.3) is 10.2 Å². The molecule has 2 fully saturated rings. The second-order valence-electron chi connectivity index (χ2n) is 5.97. The molecule has 1 N–H and O–H groups in total. The minimum absolute atomic E-state index is 0.336. The van der Waals surface area contributed by atoms with Gasteiger partial charge in [-0.1, -0.05) is 19.8 Å². The molecule has 6 heteroatoms. The van der Waals surface area contributed by atoms with Gasteiger partial charge in [0.2, 0.25) is 0 Å². The lowest BCUT2D eigenvalue weighted by Crippen LogP contribution is -2.48. The van der Waals surface area contributed by atoms with Gasteiger partial charge in [0.1, 0.15) is 0 Å². The molecule has 0 bridgehead atoms. The van der Waals surface area contributed by atoms with Gasteiger partial charge in [-0.25, -0.2) is 0 Å². The third-order valence-electron chi connectivity index (χ3n) is 4.28. The second kappa shape index (κ2) is 7.73. The standard InChI is InChI=1S/C14H29N3O2S/c1-2-10-17(13-14-8-7-9-15-14)20(18,19)16-11-5-3-4-6-12-16/h14-15H,2-13H2,1H3. The molecule has 1 unspecified atom stereocenters. The van der Waals surface area contributed by atoms with Gasteiger partial charge >= 0.3 is 0 Å². The van der Waals surface area contributed by atoms with Crippen LogP contribution in [0.2, 0.25) is 0 Å². The predicted molar refractivity (Wildman–Crippen MR) is 81.8 cm³/mol. The fraction of sp³-hybridized carbons (Fsp3) is 1.00. The van der Waals surface area contributed by atoms with Crippen molar-refractivity contribution in [3.63, 3.8) is 0 Å². The zero-order valence-corrected chi connectivity index (χ0v) is 13.5. The first kappa shape index (κ1) is 16.2. The molecule has 0 aromatic rings. The van der Waals surface area contributed by atoms with Crippen molar-refractivity contribution in [2.45, 2.75) is 57.9 Å².